The SMILES string of the molecule is COc1cc2c(cc1OC)-c1[nH]c3ccc(OCCN(C)C)cc3c1C2=NOCC=CC#Cc1ccccc1. The minimum atomic E-state index is 0.284. The molecule has 198 valence electrons. The monoisotopic (exact) mass is 521 g/mol. The van der Waals surface area contributed by atoms with Crippen molar-refractivity contribution in [1.29, 1.82) is 0 Å². The van der Waals surface area contributed by atoms with Gasteiger partial charge in [-0.05, 0) is 68.7 Å². The van der Waals surface area contributed by atoms with Gasteiger partial charge in [-0.1, -0.05) is 35.2 Å². The number of benzene rings is 3. The summed E-state index contributed by atoms with van der Waals surface area (Å²) in [5, 5.41) is 5.59. The van der Waals surface area contributed by atoms with Crippen molar-refractivity contribution in [3.63, 3.8) is 0 Å². The van der Waals surface area contributed by atoms with Crippen LogP contribution in [0.2, 0.25) is 0 Å². The van der Waals surface area contributed by atoms with Crippen LogP contribution < -0.4 is 14.2 Å². The Labute approximate surface area is 228 Å². The Balaban J connectivity index is 1.46. The summed E-state index contributed by atoms with van der Waals surface area (Å²) < 4.78 is 17.2. The summed E-state index contributed by atoms with van der Waals surface area (Å²) in [4.78, 5) is 11.4. The summed E-state index contributed by atoms with van der Waals surface area (Å²) in [5.41, 5.74) is 6.47. The minimum Gasteiger partial charge on any atom is -0.493 e. The van der Waals surface area contributed by atoms with E-state index >= 15 is 0 Å². The molecule has 1 heterocycles. The highest BCUT2D eigenvalue weighted by molar-refractivity contribution is 6.30. The largest absolute Gasteiger partial charge is 0.493 e. The molecule has 3 aromatic carbocycles. The third-order valence-electron chi connectivity index (χ3n) is 6.38. The molecule has 0 spiro atoms. The number of aromatic nitrogens is 1. The lowest BCUT2D eigenvalue weighted by atomic mass is 10.1. The highest BCUT2D eigenvalue weighted by Crippen LogP contribution is 2.46. The number of rotatable bonds is 9. The molecule has 0 fully saturated rings. The summed E-state index contributed by atoms with van der Waals surface area (Å²) >= 11 is 0. The van der Waals surface area contributed by atoms with Gasteiger partial charge in [-0.25, -0.2) is 0 Å². The fourth-order valence-electron chi connectivity index (χ4n) is 4.46. The van der Waals surface area contributed by atoms with Crippen LogP contribution in [-0.4, -0.2) is 63.7 Å². The molecule has 0 saturated carbocycles. The normalized spacial score (nSPS) is 12.9. The molecule has 0 atom stereocenters. The number of H-pyrrole nitrogens is 1. The van der Waals surface area contributed by atoms with Gasteiger partial charge in [0.05, 0.1) is 19.9 Å². The van der Waals surface area contributed by atoms with Crippen molar-refractivity contribution in [3.05, 3.63) is 89.5 Å². The van der Waals surface area contributed by atoms with Crippen LogP contribution in [0, 0.1) is 11.8 Å². The zero-order chi connectivity index (χ0) is 27.2. The van der Waals surface area contributed by atoms with E-state index in [1.807, 2.05) is 74.8 Å². The van der Waals surface area contributed by atoms with Crippen LogP contribution in [0.1, 0.15) is 16.7 Å². The summed E-state index contributed by atoms with van der Waals surface area (Å²) in [6, 6.07) is 19.8. The number of oxime groups is 1. The Morgan fingerprint density at radius 1 is 0.949 bits per heavy atom. The van der Waals surface area contributed by atoms with Gasteiger partial charge in [-0.15, -0.1) is 0 Å². The van der Waals surface area contributed by atoms with Crippen molar-refractivity contribution in [2.75, 3.05) is 48.1 Å². The number of aromatic amines is 1. The quantitative estimate of drug-likeness (QED) is 0.158. The van der Waals surface area contributed by atoms with E-state index in [-0.39, 0.29) is 6.61 Å². The maximum absolute atomic E-state index is 6.02. The second-order valence-electron chi connectivity index (χ2n) is 9.26. The molecule has 1 aromatic heterocycles. The Hall–Kier alpha value is -4.67. The van der Waals surface area contributed by atoms with E-state index in [1.165, 1.54) is 0 Å². The van der Waals surface area contributed by atoms with E-state index in [0.717, 1.165) is 56.9 Å². The molecule has 0 aliphatic heterocycles. The van der Waals surface area contributed by atoms with Crippen LogP contribution in [0.25, 0.3) is 22.2 Å². The topological polar surface area (TPSA) is 68.3 Å². The van der Waals surface area contributed by atoms with Gasteiger partial charge in [0.1, 0.15) is 24.7 Å². The average molecular weight is 522 g/mol. The second kappa shape index (κ2) is 11.8. The average Bonchev–Trinajstić information content (AvgIpc) is 3.46. The maximum Gasteiger partial charge on any atom is 0.161 e. The number of hydrogen-bond donors (Lipinski definition) is 1. The number of nitrogens with one attached hydrogen (secondary N) is 1. The third-order valence-corrected chi connectivity index (χ3v) is 6.38. The van der Waals surface area contributed by atoms with Gasteiger partial charge in [0.2, 0.25) is 0 Å². The Morgan fingerprint density at radius 3 is 2.46 bits per heavy atom. The van der Waals surface area contributed by atoms with Crippen molar-refractivity contribution < 1.29 is 19.0 Å². The Morgan fingerprint density at radius 2 is 1.72 bits per heavy atom. The van der Waals surface area contributed by atoms with E-state index in [4.69, 9.17) is 19.0 Å². The molecule has 0 radical (unpaired) electrons. The summed E-state index contributed by atoms with van der Waals surface area (Å²) in [6.45, 7) is 1.72. The first-order valence-electron chi connectivity index (χ1n) is 12.7. The van der Waals surface area contributed by atoms with Crippen molar-refractivity contribution >= 4 is 16.6 Å². The van der Waals surface area contributed by atoms with Crippen LogP contribution in [0.5, 0.6) is 17.2 Å². The van der Waals surface area contributed by atoms with Crippen LogP contribution in [0.4, 0.5) is 0 Å². The van der Waals surface area contributed by atoms with Gasteiger partial charge in [-0.2, -0.15) is 0 Å². The molecule has 0 saturated heterocycles. The molecular formula is C32H31N3O4. The molecular weight excluding hydrogens is 490 g/mol. The predicted octanol–water partition coefficient (Wildman–Crippen LogP) is 5.48. The second-order valence-corrected chi connectivity index (χ2v) is 9.26. The number of methoxy groups -OCH3 is 2. The Kier molecular flexibility index (Phi) is 7.86. The van der Waals surface area contributed by atoms with Gasteiger partial charge < -0.3 is 28.9 Å². The van der Waals surface area contributed by atoms with Crippen molar-refractivity contribution in [1.82, 2.24) is 9.88 Å². The zero-order valence-corrected chi connectivity index (χ0v) is 22.6. The fourth-order valence-corrected chi connectivity index (χ4v) is 4.46. The van der Waals surface area contributed by atoms with Gasteiger partial charge in [0.25, 0.3) is 0 Å². The molecule has 0 unspecified atom stereocenters. The molecule has 5 rings (SSSR count). The van der Waals surface area contributed by atoms with Crippen molar-refractivity contribution in [2.45, 2.75) is 0 Å². The number of allylic oxidation sites excluding steroid dienone is 1. The number of hydrogen-bond acceptors (Lipinski definition) is 6. The van der Waals surface area contributed by atoms with E-state index < -0.39 is 0 Å². The molecule has 4 aromatic rings. The minimum absolute atomic E-state index is 0.284. The number of likely N-dealkylation sites (N-methyl/N-ethyl adjacent to an activating group) is 1. The molecule has 1 N–H and O–H groups in total. The van der Waals surface area contributed by atoms with Crippen LogP contribution in [0.15, 0.2) is 78.0 Å². The molecule has 0 bridgehead atoms. The summed E-state index contributed by atoms with van der Waals surface area (Å²) in [7, 11) is 7.31. The fraction of sp³-hybridized carbons (Fsp3) is 0.219. The summed E-state index contributed by atoms with van der Waals surface area (Å²) in [6.07, 6.45) is 3.62. The zero-order valence-electron chi connectivity index (χ0n) is 22.6. The van der Waals surface area contributed by atoms with Crippen molar-refractivity contribution in [3.8, 4) is 40.3 Å². The van der Waals surface area contributed by atoms with Crippen LogP contribution in [-0.2, 0) is 4.84 Å². The number of ether oxygens (including phenoxy) is 3. The van der Waals surface area contributed by atoms with E-state index in [2.05, 4.69) is 32.9 Å². The predicted molar refractivity (Wildman–Crippen MR) is 155 cm³/mol. The smallest absolute Gasteiger partial charge is 0.161 e. The highest BCUT2D eigenvalue weighted by atomic mass is 16.6. The highest BCUT2D eigenvalue weighted by Gasteiger charge is 2.32. The van der Waals surface area contributed by atoms with E-state index in [0.29, 0.717) is 18.1 Å². The van der Waals surface area contributed by atoms with E-state index in [1.54, 1.807) is 20.3 Å². The van der Waals surface area contributed by atoms with E-state index in [9.17, 15) is 0 Å². The summed E-state index contributed by atoms with van der Waals surface area (Å²) in [5.74, 6) is 8.20. The number of fused-ring (bicyclic) bond motifs is 5. The van der Waals surface area contributed by atoms with Gasteiger partial charge in [0.15, 0.2) is 11.5 Å². The number of nitrogens with zero attached hydrogens (tertiary/aromatic N) is 2. The van der Waals surface area contributed by atoms with Gasteiger partial charge in [-0.3, -0.25) is 0 Å². The first-order chi connectivity index (χ1) is 19.1. The lowest BCUT2D eigenvalue weighted by molar-refractivity contribution is 0.175. The Bertz CT molecular complexity index is 1590. The molecule has 1 aliphatic rings. The lowest BCUT2D eigenvalue weighted by Crippen LogP contribution is -2.19. The molecule has 7 nitrogen and oxygen atoms in total. The van der Waals surface area contributed by atoms with Gasteiger partial charge in [0, 0.05) is 39.7 Å². The first-order valence-corrected chi connectivity index (χ1v) is 12.7. The third kappa shape index (κ3) is 5.62. The molecule has 0 amide bonds. The van der Waals surface area contributed by atoms with Crippen LogP contribution >= 0.6 is 0 Å². The van der Waals surface area contributed by atoms with Gasteiger partial charge >= 0.3 is 0 Å². The first kappa shape index (κ1) is 26.0. The maximum atomic E-state index is 6.02. The van der Waals surface area contributed by atoms with Crippen molar-refractivity contribution in [2.24, 2.45) is 5.16 Å². The standard InChI is InChI=1S/C32H31N3O4/c1-35(2)16-18-38-23-14-15-27-26(19-23)30-31(33-27)24-20-28(36-3)29(37-4)21-25(24)32(30)34-39-17-10-6-9-13-22-11-7-5-8-12-22/h5-8,10-12,14-15,19-21,33H,16-18H2,1-4H3. The lowest BCUT2D eigenvalue weighted by Gasteiger charge is -2.12. The molecule has 1 aliphatic carbocycles. The molecule has 7 heteroatoms. The molecule has 39 heavy (non-hydrogen) atoms. The van der Waals surface area contributed by atoms with Crippen LogP contribution in [0.3, 0.4) is 0 Å².